The maximum Gasteiger partial charge on any atom is 0.218 e. The Kier molecular flexibility index (Phi) is 4.36. The molecule has 100 valence electrons. The van der Waals surface area contributed by atoms with Gasteiger partial charge < -0.3 is 15.4 Å². The smallest absolute Gasteiger partial charge is 0.218 e. The first-order valence-corrected chi connectivity index (χ1v) is 6.66. The average Bonchev–Trinajstić information content (AvgIpc) is 2.39. The third kappa shape index (κ3) is 3.10. The first-order valence-electron chi connectivity index (χ1n) is 6.66. The fourth-order valence-corrected chi connectivity index (χ4v) is 2.38. The zero-order valence-corrected chi connectivity index (χ0v) is 11.2. The summed E-state index contributed by atoms with van der Waals surface area (Å²) < 4.78 is 5.41. The Morgan fingerprint density at radius 1 is 1.56 bits per heavy atom. The first-order chi connectivity index (χ1) is 8.70. The summed E-state index contributed by atoms with van der Waals surface area (Å²) >= 11 is 0. The van der Waals surface area contributed by atoms with Gasteiger partial charge in [-0.25, -0.2) is 9.97 Å². The minimum atomic E-state index is 0.237. The fraction of sp³-hybridized carbons (Fsp3) is 0.692. The quantitative estimate of drug-likeness (QED) is 0.876. The van der Waals surface area contributed by atoms with Crippen LogP contribution in [-0.4, -0.2) is 35.7 Å². The van der Waals surface area contributed by atoms with Crippen LogP contribution in [0.2, 0.25) is 0 Å². The molecule has 0 aromatic carbocycles. The molecule has 0 bridgehead atoms. The Morgan fingerprint density at radius 3 is 3.11 bits per heavy atom. The molecule has 1 aromatic heterocycles. The molecule has 1 saturated heterocycles. The molecular weight excluding hydrogens is 228 g/mol. The molecule has 1 fully saturated rings. The van der Waals surface area contributed by atoms with Crippen LogP contribution in [-0.2, 0) is 0 Å². The van der Waals surface area contributed by atoms with Gasteiger partial charge in [0.1, 0.15) is 12.1 Å². The lowest BCUT2D eigenvalue weighted by Gasteiger charge is -2.35. The Hall–Kier alpha value is -1.36. The number of ether oxygens (including phenoxy) is 1. The van der Waals surface area contributed by atoms with Crippen molar-refractivity contribution in [3.63, 3.8) is 0 Å². The Morgan fingerprint density at radius 2 is 2.39 bits per heavy atom. The molecule has 5 nitrogen and oxygen atoms in total. The van der Waals surface area contributed by atoms with Gasteiger partial charge in [-0.1, -0.05) is 0 Å². The van der Waals surface area contributed by atoms with E-state index >= 15 is 0 Å². The second-order valence-corrected chi connectivity index (χ2v) is 4.85. The highest BCUT2D eigenvalue weighted by atomic mass is 16.5. The van der Waals surface area contributed by atoms with E-state index in [1.807, 2.05) is 13.0 Å². The molecule has 0 spiro atoms. The van der Waals surface area contributed by atoms with Crippen LogP contribution in [0, 0.1) is 5.92 Å². The maximum absolute atomic E-state index is 6.00. The number of hydrogen-bond donors (Lipinski definition) is 1. The van der Waals surface area contributed by atoms with Gasteiger partial charge in [-0.05, 0) is 32.6 Å². The van der Waals surface area contributed by atoms with E-state index in [-0.39, 0.29) is 6.04 Å². The van der Waals surface area contributed by atoms with Gasteiger partial charge in [0.25, 0.3) is 0 Å². The first kappa shape index (κ1) is 13.1. The van der Waals surface area contributed by atoms with Crippen molar-refractivity contribution in [2.24, 2.45) is 11.7 Å². The van der Waals surface area contributed by atoms with E-state index in [1.165, 1.54) is 12.8 Å². The molecule has 2 atom stereocenters. The predicted molar refractivity (Wildman–Crippen MR) is 71.8 cm³/mol. The molecule has 1 aliphatic rings. The van der Waals surface area contributed by atoms with Gasteiger partial charge in [0.2, 0.25) is 5.88 Å². The van der Waals surface area contributed by atoms with Crippen molar-refractivity contribution < 1.29 is 4.74 Å². The monoisotopic (exact) mass is 250 g/mol. The van der Waals surface area contributed by atoms with Gasteiger partial charge in [0, 0.05) is 25.2 Å². The second-order valence-electron chi connectivity index (χ2n) is 4.85. The van der Waals surface area contributed by atoms with Crippen molar-refractivity contribution in [1.29, 1.82) is 0 Å². The third-order valence-electron chi connectivity index (χ3n) is 3.45. The predicted octanol–water partition coefficient (Wildman–Crippen LogP) is 1.44. The Balaban J connectivity index is 2.08. The molecule has 18 heavy (non-hydrogen) atoms. The molecule has 0 saturated carbocycles. The second kappa shape index (κ2) is 6.00. The van der Waals surface area contributed by atoms with Crippen molar-refractivity contribution in [3.8, 4) is 5.88 Å². The van der Waals surface area contributed by atoms with E-state index in [2.05, 4.69) is 21.8 Å². The van der Waals surface area contributed by atoms with E-state index in [1.54, 1.807) is 6.33 Å². The molecule has 2 unspecified atom stereocenters. The summed E-state index contributed by atoms with van der Waals surface area (Å²) in [6.07, 6.45) is 3.94. The van der Waals surface area contributed by atoms with E-state index in [4.69, 9.17) is 10.5 Å². The van der Waals surface area contributed by atoms with Crippen LogP contribution in [0.5, 0.6) is 5.88 Å². The number of anilines is 1. The SMILES string of the molecule is CCOc1cc(N2CCCC(C(C)N)C2)ncn1. The van der Waals surface area contributed by atoms with Crippen molar-refractivity contribution in [2.45, 2.75) is 32.7 Å². The molecule has 2 rings (SSSR count). The minimum Gasteiger partial charge on any atom is -0.478 e. The van der Waals surface area contributed by atoms with Crippen LogP contribution >= 0.6 is 0 Å². The average molecular weight is 250 g/mol. The van der Waals surface area contributed by atoms with Crippen molar-refractivity contribution in [3.05, 3.63) is 12.4 Å². The van der Waals surface area contributed by atoms with Crippen LogP contribution in [0.4, 0.5) is 5.82 Å². The summed E-state index contributed by atoms with van der Waals surface area (Å²) in [5.41, 5.74) is 6.00. The normalized spacial score (nSPS) is 21.7. The number of nitrogens with two attached hydrogens (primary N) is 1. The summed E-state index contributed by atoms with van der Waals surface area (Å²) in [5, 5.41) is 0. The largest absolute Gasteiger partial charge is 0.478 e. The number of piperidine rings is 1. The molecule has 5 heteroatoms. The highest BCUT2D eigenvalue weighted by Crippen LogP contribution is 2.24. The zero-order valence-electron chi connectivity index (χ0n) is 11.2. The molecule has 1 aliphatic heterocycles. The molecular formula is C13H22N4O. The van der Waals surface area contributed by atoms with Crippen LogP contribution in [0.1, 0.15) is 26.7 Å². The topological polar surface area (TPSA) is 64.3 Å². The van der Waals surface area contributed by atoms with Crippen LogP contribution in [0.3, 0.4) is 0 Å². The maximum atomic E-state index is 6.00. The van der Waals surface area contributed by atoms with Crippen molar-refractivity contribution in [1.82, 2.24) is 9.97 Å². The number of nitrogens with zero attached hydrogens (tertiary/aromatic N) is 3. The molecule has 2 heterocycles. The molecule has 0 aliphatic carbocycles. The van der Waals surface area contributed by atoms with Crippen LogP contribution in [0.25, 0.3) is 0 Å². The summed E-state index contributed by atoms with van der Waals surface area (Å²) in [5.74, 6) is 2.13. The van der Waals surface area contributed by atoms with Crippen molar-refractivity contribution >= 4 is 5.82 Å². The van der Waals surface area contributed by atoms with E-state index in [0.717, 1.165) is 18.9 Å². The summed E-state index contributed by atoms with van der Waals surface area (Å²) in [6.45, 7) is 6.67. The summed E-state index contributed by atoms with van der Waals surface area (Å²) in [7, 11) is 0. The number of aromatic nitrogens is 2. The molecule has 1 aromatic rings. The lowest BCUT2D eigenvalue weighted by atomic mass is 9.92. The van der Waals surface area contributed by atoms with E-state index in [0.29, 0.717) is 18.4 Å². The highest BCUT2D eigenvalue weighted by molar-refractivity contribution is 5.41. The minimum absolute atomic E-state index is 0.237. The number of rotatable bonds is 4. The van der Waals surface area contributed by atoms with Gasteiger partial charge in [0.05, 0.1) is 6.61 Å². The van der Waals surface area contributed by atoms with E-state index in [9.17, 15) is 0 Å². The fourth-order valence-electron chi connectivity index (χ4n) is 2.38. The zero-order chi connectivity index (χ0) is 13.0. The molecule has 0 radical (unpaired) electrons. The summed E-state index contributed by atoms with van der Waals surface area (Å²) in [6, 6.07) is 2.15. The summed E-state index contributed by atoms with van der Waals surface area (Å²) in [4.78, 5) is 10.7. The standard InChI is InChI=1S/C13H22N4O/c1-3-18-13-7-12(15-9-16-13)17-6-4-5-11(8-17)10(2)14/h7,9-11H,3-6,8,14H2,1-2H3. The third-order valence-corrected chi connectivity index (χ3v) is 3.45. The van der Waals surface area contributed by atoms with Gasteiger partial charge in [-0.3, -0.25) is 0 Å². The van der Waals surface area contributed by atoms with Crippen LogP contribution < -0.4 is 15.4 Å². The van der Waals surface area contributed by atoms with E-state index < -0.39 is 0 Å². The van der Waals surface area contributed by atoms with Gasteiger partial charge in [-0.2, -0.15) is 0 Å². The van der Waals surface area contributed by atoms with Gasteiger partial charge in [-0.15, -0.1) is 0 Å². The lowest BCUT2D eigenvalue weighted by Crippen LogP contribution is -2.42. The molecule has 0 amide bonds. The molecule has 2 N–H and O–H groups in total. The number of hydrogen-bond acceptors (Lipinski definition) is 5. The van der Waals surface area contributed by atoms with Crippen molar-refractivity contribution in [2.75, 3.05) is 24.6 Å². The van der Waals surface area contributed by atoms with Crippen LogP contribution in [0.15, 0.2) is 12.4 Å². The Bertz CT molecular complexity index is 383. The Labute approximate surface area is 108 Å². The lowest BCUT2D eigenvalue weighted by molar-refractivity contribution is 0.325. The van der Waals surface area contributed by atoms with Gasteiger partial charge in [0.15, 0.2) is 0 Å². The van der Waals surface area contributed by atoms with Gasteiger partial charge >= 0.3 is 0 Å². The highest BCUT2D eigenvalue weighted by Gasteiger charge is 2.23.